The lowest BCUT2D eigenvalue weighted by molar-refractivity contribution is 0.880. The van der Waals surface area contributed by atoms with Gasteiger partial charge in [-0.25, -0.2) is 0 Å². The summed E-state index contributed by atoms with van der Waals surface area (Å²) in [5.41, 5.74) is 1.20. The highest BCUT2D eigenvalue weighted by Crippen LogP contribution is 2.49. The van der Waals surface area contributed by atoms with Crippen molar-refractivity contribution in [2.75, 3.05) is 0 Å². The maximum absolute atomic E-state index is 4.07. The lowest BCUT2D eigenvalue weighted by Crippen LogP contribution is -2.10. The van der Waals surface area contributed by atoms with Crippen LogP contribution in [-0.2, 0) is 0 Å². The van der Waals surface area contributed by atoms with E-state index in [1.807, 2.05) is 18.0 Å². The largest absolute Gasteiger partial charge is 0.333 e. The summed E-state index contributed by atoms with van der Waals surface area (Å²) in [4.78, 5) is 0. The molecule has 2 rings (SSSR count). The van der Waals surface area contributed by atoms with Gasteiger partial charge in [0.05, 0.1) is 0 Å². The van der Waals surface area contributed by atoms with E-state index in [-0.39, 0.29) is 0 Å². The van der Waals surface area contributed by atoms with Crippen LogP contribution in [0.25, 0.3) is 0 Å². The fraction of sp³-hybridized carbons (Fsp3) is 0.636. The molecule has 2 saturated carbocycles. The molecule has 2 fully saturated rings. The van der Waals surface area contributed by atoms with Crippen molar-refractivity contribution < 1.29 is 0 Å². The first-order valence-corrected chi connectivity index (χ1v) is 5.72. The molecule has 2 heteroatoms. The Hall–Kier alpha value is -0.370. The van der Waals surface area contributed by atoms with Crippen molar-refractivity contribution in [1.29, 1.82) is 0 Å². The normalized spacial score (nSPS) is 33.6. The Morgan fingerprint density at radius 1 is 1.62 bits per heavy atom. The zero-order valence-corrected chi connectivity index (χ0v) is 8.99. The van der Waals surface area contributed by atoms with E-state index >= 15 is 0 Å². The predicted molar refractivity (Wildman–Crippen MR) is 59.3 cm³/mol. The average molecular weight is 195 g/mol. The smallest absolute Gasteiger partial charge is 0.0330 e. The van der Waals surface area contributed by atoms with Gasteiger partial charge in [-0.05, 0) is 44.1 Å². The second-order valence-electron chi connectivity index (χ2n) is 4.42. The Bertz CT molecular complexity index is 242. The van der Waals surface area contributed by atoms with E-state index < -0.39 is 0 Å². The van der Waals surface area contributed by atoms with Crippen molar-refractivity contribution in [3.05, 3.63) is 24.9 Å². The number of allylic oxidation sites excluding steroid dienone is 2. The summed E-state index contributed by atoms with van der Waals surface area (Å²) in [6, 6.07) is 0. The van der Waals surface area contributed by atoms with Gasteiger partial charge in [0.1, 0.15) is 0 Å². The SMILES string of the molecule is C=CC1CC1C(=C)NSC1(C)CC1. The quantitative estimate of drug-likeness (QED) is 0.534. The van der Waals surface area contributed by atoms with Gasteiger partial charge in [0.2, 0.25) is 0 Å². The van der Waals surface area contributed by atoms with E-state index in [1.54, 1.807) is 0 Å². The topological polar surface area (TPSA) is 12.0 Å². The zero-order chi connectivity index (χ0) is 9.47. The Labute approximate surface area is 84.8 Å². The minimum absolute atomic E-state index is 0.501. The molecule has 0 aromatic carbocycles. The molecule has 0 radical (unpaired) electrons. The average Bonchev–Trinajstić information content (AvgIpc) is 2.97. The number of hydrogen-bond acceptors (Lipinski definition) is 2. The van der Waals surface area contributed by atoms with Crippen LogP contribution in [0.1, 0.15) is 26.2 Å². The summed E-state index contributed by atoms with van der Waals surface area (Å²) in [6.45, 7) is 10.2. The molecule has 2 aliphatic carbocycles. The van der Waals surface area contributed by atoms with Crippen LogP contribution in [0.3, 0.4) is 0 Å². The lowest BCUT2D eigenvalue weighted by atomic mass is 10.3. The molecule has 2 unspecified atom stereocenters. The molecular weight excluding hydrogens is 178 g/mol. The highest BCUT2D eigenvalue weighted by atomic mass is 32.2. The molecule has 0 aromatic heterocycles. The third-order valence-electron chi connectivity index (χ3n) is 2.97. The van der Waals surface area contributed by atoms with Crippen LogP contribution in [0.5, 0.6) is 0 Å². The van der Waals surface area contributed by atoms with Crippen molar-refractivity contribution >= 4 is 11.9 Å². The second kappa shape index (κ2) is 3.09. The van der Waals surface area contributed by atoms with Crippen LogP contribution < -0.4 is 4.72 Å². The van der Waals surface area contributed by atoms with Crippen molar-refractivity contribution in [2.45, 2.75) is 30.9 Å². The minimum Gasteiger partial charge on any atom is -0.333 e. The van der Waals surface area contributed by atoms with Gasteiger partial charge in [0.25, 0.3) is 0 Å². The van der Waals surface area contributed by atoms with E-state index in [2.05, 4.69) is 24.8 Å². The first-order valence-electron chi connectivity index (χ1n) is 4.90. The molecule has 72 valence electrons. The molecular formula is C11H17NS. The predicted octanol–water partition coefficient (Wildman–Crippen LogP) is 3.11. The number of rotatable bonds is 5. The van der Waals surface area contributed by atoms with E-state index in [4.69, 9.17) is 0 Å². The van der Waals surface area contributed by atoms with Gasteiger partial charge in [-0.15, -0.1) is 6.58 Å². The fourth-order valence-corrected chi connectivity index (χ4v) is 2.25. The summed E-state index contributed by atoms with van der Waals surface area (Å²) in [5.74, 6) is 1.35. The van der Waals surface area contributed by atoms with Crippen LogP contribution in [0.2, 0.25) is 0 Å². The monoisotopic (exact) mass is 195 g/mol. The van der Waals surface area contributed by atoms with Gasteiger partial charge in [0.15, 0.2) is 0 Å². The molecule has 13 heavy (non-hydrogen) atoms. The third kappa shape index (κ3) is 2.11. The molecule has 0 saturated heterocycles. The molecule has 0 bridgehead atoms. The molecule has 0 amide bonds. The summed E-state index contributed by atoms with van der Waals surface area (Å²) in [6.07, 6.45) is 5.97. The van der Waals surface area contributed by atoms with Crippen LogP contribution in [0.15, 0.2) is 24.9 Å². The van der Waals surface area contributed by atoms with Crippen LogP contribution in [0.4, 0.5) is 0 Å². The Morgan fingerprint density at radius 2 is 2.31 bits per heavy atom. The fourth-order valence-electron chi connectivity index (χ4n) is 1.42. The summed E-state index contributed by atoms with van der Waals surface area (Å²) in [7, 11) is 0. The summed E-state index contributed by atoms with van der Waals surface area (Å²) in [5, 5.41) is 0. The number of nitrogens with one attached hydrogen (secondary N) is 1. The Morgan fingerprint density at radius 3 is 2.77 bits per heavy atom. The van der Waals surface area contributed by atoms with Gasteiger partial charge in [0, 0.05) is 16.4 Å². The molecule has 0 aromatic rings. The highest BCUT2D eigenvalue weighted by Gasteiger charge is 2.41. The van der Waals surface area contributed by atoms with E-state index in [0.29, 0.717) is 16.6 Å². The molecule has 0 heterocycles. The first-order chi connectivity index (χ1) is 6.14. The van der Waals surface area contributed by atoms with Crippen LogP contribution in [0, 0.1) is 11.8 Å². The van der Waals surface area contributed by atoms with Crippen molar-refractivity contribution in [3.8, 4) is 0 Å². The third-order valence-corrected chi connectivity index (χ3v) is 4.24. The van der Waals surface area contributed by atoms with Gasteiger partial charge >= 0.3 is 0 Å². The second-order valence-corrected chi connectivity index (χ2v) is 5.81. The van der Waals surface area contributed by atoms with Gasteiger partial charge < -0.3 is 4.72 Å². The first kappa shape index (κ1) is 9.20. The summed E-state index contributed by atoms with van der Waals surface area (Å²) >= 11 is 1.85. The highest BCUT2D eigenvalue weighted by molar-refractivity contribution is 7.99. The van der Waals surface area contributed by atoms with Crippen molar-refractivity contribution in [3.63, 3.8) is 0 Å². The Balaban J connectivity index is 1.70. The standard InChI is InChI=1S/C11H17NS/c1-4-9-7-10(9)8(2)12-13-11(3)5-6-11/h4,9-10,12H,1-2,5-7H2,3H3. The molecule has 1 N–H and O–H groups in total. The zero-order valence-electron chi connectivity index (χ0n) is 8.18. The van der Waals surface area contributed by atoms with Crippen molar-refractivity contribution in [1.82, 2.24) is 4.72 Å². The van der Waals surface area contributed by atoms with Gasteiger partial charge in [-0.1, -0.05) is 12.7 Å². The van der Waals surface area contributed by atoms with E-state index in [0.717, 1.165) is 0 Å². The van der Waals surface area contributed by atoms with E-state index in [1.165, 1.54) is 25.0 Å². The summed E-state index contributed by atoms with van der Waals surface area (Å²) < 4.78 is 3.89. The van der Waals surface area contributed by atoms with Gasteiger partial charge in [-0.3, -0.25) is 0 Å². The van der Waals surface area contributed by atoms with Gasteiger partial charge in [-0.2, -0.15) is 0 Å². The molecule has 2 atom stereocenters. The van der Waals surface area contributed by atoms with Crippen molar-refractivity contribution in [2.24, 2.45) is 11.8 Å². The maximum Gasteiger partial charge on any atom is 0.0330 e. The molecule has 0 aliphatic heterocycles. The van der Waals surface area contributed by atoms with E-state index in [9.17, 15) is 0 Å². The van der Waals surface area contributed by atoms with Crippen LogP contribution in [-0.4, -0.2) is 4.75 Å². The Kier molecular flexibility index (Phi) is 2.18. The number of hydrogen-bond donors (Lipinski definition) is 1. The maximum atomic E-state index is 4.07. The molecule has 1 nitrogen and oxygen atoms in total. The molecule has 2 aliphatic rings. The minimum atomic E-state index is 0.501. The lowest BCUT2D eigenvalue weighted by Gasteiger charge is -2.11. The molecule has 0 spiro atoms. The van der Waals surface area contributed by atoms with Crippen LogP contribution >= 0.6 is 11.9 Å².